The maximum Gasteiger partial charge on any atom is 0.142 e. The molecule has 2 unspecified atom stereocenters. The van der Waals surface area contributed by atoms with Crippen LogP contribution in [-0.4, -0.2) is 36.3 Å². The second-order valence-electron chi connectivity index (χ2n) is 7.03. The van der Waals surface area contributed by atoms with Crippen LogP contribution in [0.2, 0.25) is 0 Å². The summed E-state index contributed by atoms with van der Waals surface area (Å²) in [6.45, 7) is 4.15. The number of anilines is 1. The predicted octanol–water partition coefficient (Wildman–Crippen LogP) is 3.50. The summed E-state index contributed by atoms with van der Waals surface area (Å²) in [6, 6.07) is 12.8. The lowest BCUT2D eigenvalue weighted by Crippen LogP contribution is -2.46. The number of para-hydroxylation sites is 1. The third-order valence-electron chi connectivity index (χ3n) is 5.42. The highest BCUT2D eigenvalue weighted by molar-refractivity contribution is 5.62. The van der Waals surface area contributed by atoms with Gasteiger partial charge in [-0.3, -0.25) is 0 Å². The molecule has 4 rings (SSSR count). The molecule has 2 aromatic heterocycles. The molecular weight excluding hydrogens is 326 g/mol. The molecule has 0 aliphatic carbocycles. The maximum absolute atomic E-state index is 5.95. The van der Waals surface area contributed by atoms with E-state index >= 15 is 0 Å². The monoisotopic (exact) mass is 351 g/mol. The summed E-state index contributed by atoms with van der Waals surface area (Å²) in [6.07, 6.45) is 6.84. The number of aromatic nitrogens is 2. The van der Waals surface area contributed by atoms with Crippen LogP contribution in [0.5, 0.6) is 0 Å². The van der Waals surface area contributed by atoms with Crippen LogP contribution in [0.1, 0.15) is 18.1 Å². The van der Waals surface area contributed by atoms with Gasteiger partial charge >= 0.3 is 0 Å². The van der Waals surface area contributed by atoms with E-state index in [4.69, 9.17) is 9.47 Å². The quantitative estimate of drug-likeness (QED) is 0.691. The average molecular weight is 351 g/mol. The van der Waals surface area contributed by atoms with Gasteiger partial charge in [0.05, 0.1) is 25.4 Å². The summed E-state index contributed by atoms with van der Waals surface area (Å²) >= 11 is 0. The number of pyridine rings is 1. The Hall–Kier alpha value is -2.37. The minimum Gasteiger partial charge on any atom is -0.382 e. The maximum atomic E-state index is 5.95. The average Bonchev–Trinajstić information content (AvgIpc) is 3.14. The van der Waals surface area contributed by atoms with E-state index in [0.717, 1.165) is 12.1 Å². The number of hydrogen-bond acceptors (Lipinski definition) is 4. The van der Waals surface area contributed by atoms with Crippen LogP contribution in [0.4, 0.5) is 5.69 Å². The Kier molecular flexibility index (Phi) is 4.66. The number of nitrogens with zero attached hydrogens (tertiary/aromatic N) is 2. The standard InChI is InChI=1S/C21H25N3O2/c1-21(18-7-5-10-24-11-9-22-20(18)24)17(15-26-13-12-25-2)14-16-6-3-4-8-19(16)23-21/h3-11,17,23H,12-15H2,1-2H3. The zero-order chi connectivity index (χ0) is 18.0. The lowest BCUT2D eigenvalue weighted by atomic mass is 9.74. The summed E-state index contributed by atoms with van der Waals surface area (Å²) in [7, 11) is 1.70. The minimum absolute atomic E-state index is 0.269. The van der Waals surface area contributed by atoms with Crippen molar-refractivity contribution >= 4 is 11.3 Å². The van der Waals surface area contributed by atoms with E-state index in [1.165, 1.54) is 16.8 Å². The summed E-state index contributed by atoms with van der Waals surface area (Å²) in [4.78, 5) is 4.60. The molecule has 5 heteroatoms. The molecule has 3 heterocycles. The Morgan fingerprint density at radius 2 is 2.08 bits per heavy atom. The Balaban J connectivity index is 1.73. The second kappa shape index (κ2) is 7.09. The SMILES string of the molecule is COCCOCC1Cc2ccccc2NC1(C)c1cccn2ccnc12. The van der Waals surface area contributed by atoms with Gasteiger partial charge < -0.3 is 19.2 Å². The number of nitrogens with one attached hydrogen (secondary N) is 1. The van der Waals surface area contributed by atoms with Crippen molar-refractivity contribution in [2.24, 2.45) is 5.92 Å². The zero-order valence-electron chi connectivity index (χ0n) is 15.3. The summed E-state index contributed by atoms with van der Waals surface area (Å²) in [5.41, 5.74) is 4.44. The Morgan fingerprint density at radius 3 is 2.96 bits per heavy atom. The summed E-state index contributed by atoms with van der Waals surface area (Å²) in [5, 5.41) is 3.80. The molecule has 2 atom stereocenters. The smallest absolute Gasteiger partial charge is 0.142 e. The summed E-state index contributed by atoms with van der Waals surface area (Å²) < 4.78 is 13.1. The van der Waals surface area contributed by atoms with E-state index in [9.17, 15) is 0 Å². The fourth-order valence-corrected chi connectivity index (χ4v) is 3.91. The van der Waals surface area contributed by atoms with Crippen molar-refractivity contribution in [2.45, 2.75) is 18.9 Å². The summed E-state index contributed by atoms with van der Waals surface area (Å²) in [5.74, 6) is 0.289. The Bertz CT molecular complexity index is 892. The molecule has 0 bridgehead atoms. The van der Waals surface area contributed by atoms with Crippen LogP contribution in [0.15, 0.2) is 55.0 Å². The molecule has 3 aromatic rings. The molecule has 0 amide bonds. The van der Waals surface area contributed by atoms with Gasteiger partial charge in [0.25, 0.3) is 0 Å². The van der Waals surface area contributed by atoms with Gasteiger partial charge in [-0.15, -0.1) is 0 Å². The van der Waals surface area contributed by atoms with E-state index in [1.807, 2.05) is 18.6 Å². The lowest BCUT2D eigenvalue weighted by molar-refractivity contribution is 0.0363. The molecule has 1 aliphatic heterocycles. The van der Waals surface area contributed by atoms with E-state index in [1.54, 1.807) is 7.11 Å². The first-order chi connectivity index (χ1) is 12.7. The molecule has 0 radical (unpaired) electrons. The third kappa shape index (κ3) is 2.97. The van der Waals surface area contributed by atoms with Crippen molar-refractivity contribution in [1.82, 2.24) is 9.38 Å². The Morgan fingerprint density at radius 1 is 1.19 bits per heavy atom. The molecule has 0 saturated heterocycles. The molecule has 0 spiro atoms. The van der Waals surface area contributed by atoms with Crippen molar-refractivity contribution < 1.29 is 9.47 Å². The van der Waals surface area contributed by atoms with Gasteiger partial charge in [0.15, 0.2) is 0 Å². The van der Waals surface area contributed by atoms with Crippen molar-refractivity contribution in [3.8, 4) is 0 Å². The minimum atomic E-state index is -0.269. The number of hydrogen-bond donors (Lipinski definition) is 1. The lowest BCUT2D eigenvalue weighted by Gasteiger charge is -2.44. The second-order valence-corrected chi connectivity index (χ2v) is 7.03. The number of methoxy groups -OCH3 is 1. The highest BCUT2D eigenvalue weighted by Gasteiger charge is 2.41. The van der Waals surface area contributed by atoms with Gasteiger partial charge in [-0.2, -0.15) is 0 Å². The molecule has 0 fully saturated rings. The third-order valence-corrected chi connectivity index (χ3v) is 5.42. The fraction of sp³-hybridized carbons (Fsp3) is 0.381. The molecule has 136 valence electrons. The van der Waals surface area contributed by atoms with E-state index in [0.29, 0.717) is 19.8 Å². The van der Waals surface area contributed by atoms with E-state index in [-0.39, 0.29) is 11.5 Å². The molecule has 26 heavy (non-hydrogen) atoms. The van der Waals surface area contributed by atoms with Gasteiger partial charge in [0.2, 0.25) is 0 Å². The highest BCUT2D eigenvalue weighted by Crippen LogP contribution is 2.42. The number of fused-ring (bicyclic) bond motifs is 2. The van der Waals surface area contributed by atoms with Crippen LogP contribution in [-0.2, 0) is 21.4 Å². The first kappa shape index (κ1) is 17.1. The Labute approximate surface area is 154 Å². The highest BCUT2D eigenvalue weighted by atomic mass is 16.5. The fourth-order valence-electron chi connectivity index (χ4n) is 3.91. The van der Waals surface area contributed by atoms with Gasteiger partial charge in [0.1, 0.15) is 5.65 Å². The van der Waals surface area contributed by atoms with Crippen LogP contribution < -0.4 is 5.32 Å². The molecule has 5 nitrogen and oxygen atoms in total. The van der Waals surface area contributed by atoms with Gasteiger partial charge in [-0.25, -0.2) is 4.98 Å². The molecular formula is C21H25N3O2. The number of ether oxygens (including phenoxy) is 2. The molecule has 1 aromatic carbocycles. The van der Waals surface area contributed by atoms with Crippen molar-refractivity contribution in [2.75, 3.05) is 32.2 Å². The normalized spacial score (nSPS) is 22.2. The first-order valence-electron chi connectivity index (χ1n) is 9.07. The molecule has 1 N–H and O–H groups in total. The topological polar surface area (TPSA) is 47.8 Å². The van der Waals surface area contributed by atoms with Crippen LogP contribution in [0.25, 0.3) is 5.65 Å². The van der Waals surface area contributed by atoms with Crippen LogP contribution in [0, 0.1) is 5.92 Å². The van der Waals surface area contributed by atoms with Crippen molar-refractivity contribution in [3.05, 3.63) is 66.1 Å². The largest absolute Gasteiger partial charge is 0.382 e. The van der Waals surface area contributed by atoms with Gasteiger partial charge in [-0.05, 0) is 31.0 Å². The van der Waals surface area contributed by atoms with Crippen molar-refractivity contribution in [1.29, 1.82) is 0 Å². The van der Waals surface area contributed by atoms with E-state index < -0.39 is 0 Å². The van der Waals surface area contributed by atoms with Crippen LogP contribution in [0.3, 0.4) is 0 Å². The van der Waals surface area contributed by atoms with Gasteiger partial charge in [0, 0.05) is 42.9 Å². The first-order valence-corrected chi connectivity index (χ1v) is 9.07. The number of benzene rings is 1. The number of imidazole rings is 1. The van der Waals surface area contributed by atoms with E-state index in [2.05, 4.69) is 58.0 Å². The molecule has 1 aliphatic rings. The number of rotatable bonds is 6. The predicted molar refractivity (Wildman–Crippen MR) is 102 cm³/mol. The molecule has 0 saturated carbocycles. The van der Waals surface area contributed by atoms with Crippen LogP contribution >= 0.6 is 0 Å². The van der Waals surface area contributed by atoms with Gasteiger partial charge in [-0.1, -0.05) is 24.3 Å². The van der Waals surface area contributed by atoms with Crippen molar-refractivity contribution in [3.63, 3.8) is 0 Å². The zero-order valence-corrected chi connectivity index (χ0v) is 15.3.